The molecule has 7 heteroatoms. The van der Waals surface area contributed by atoms with Crippen molar-refractivity contribution >= 4 is 11.7 Å². The van der Waals surface area contributed by atoms with E-state index in [0.29, 0.717) is 37.0 Å². The molecule has 0 saturated carbocycles. The summed E-state index contributed by atoms with van der Waals surface area (Å²) in [5, 5.41) is 6.13. The van der Waals surface area contributed by atoms with E-state index in [9.17, 15) is 4.79 Å². The number of ether oxygens (including phenoxy) is 1. The lowest BCUT2D eigenvalue weighted by Crippen LogP contribution is -2.32. The van der Waals surface area contributed by atoms with Crippen LogP contribution in [0.1, 0.15) is 16.9 Å². The second kappa shape index (κ2) is 10.5. The van der Waals surface area contributed by atoms with E-state index in [4.69, 9.17) is 4.74 Å². The Morgan fingerprint density at radius 1 is 1.15 bits per heavy atom. The van der Waals surface area contributed by atoms with E-state index >= 15 is 0 Å². The fourth-order valence-electron chi connectivity index (χ4n) is 2.29. The lowest BCUT2D eigenvalue weighted by atomic mass is 10.2. The van der Waals surface area contributed by atoms with Crippen LogP contribution in [-0.2, 0) is 4.74 Å². The zero-order valence-electron chi connectivity index (χ0n) is 15.7. The van der Waals surface area contributed by atoms with Gasteiger partial charge in [0, 0.05) is 45.0 Å². The molecule has 1 aromatic heterocycles. The maximum Gasteiger partial charge on any atom is 0.270 e. The van der Waals surface area contributed by atoms with Crippen molar-refractivity contribution in [2.45, 2.75) is 6.42 Å². The van der Waals surface area contributed by atoms with Crippen LogP contribution in [0.15, 0.2) is 36.4 Å². The Kier molecular flexibility index (Phi) is 7.98. The molecule has 0 atom stereocenters. The molecule has 0 saturated heterocycles. The Labute approximate surface area is 154 Å². The number of nitrogens with zero attached hydrogens (tertiary/aromatic N) is 3. The van der Waals surface area contributed by atoms with Crippen molar-refractivity contribution in [1.82, 2.24) is 20.2 Å². The maximum atomic E-state index is 12.5. The van der Waals surface area contributed by atoms with Crippen LogP contribution in [0.5, 0.6) is 0 Å². The van der Waals surface area contributed by atoms with Gasteiger partial charge in [0.15, 0.2) is 5.82 Å². The summed E-state index contributed by atoms with van der Waals surface area (Å²) in [4.78, 5) is 23.5. The summed E-state index contributed by atoms with van der Waals surface area (Å²) in [6.07, 6.45) is 0.853. The van der Waals surface area contributed by atoms with E-state index in [1.807, 2.05) is 49.3 Å². The first kappa shape index (κ1) is 19.8. The molecule has 0 aliphatic carbocycles. The first-order chi connectivity index (χ1) is 12.6. The number of amides is 1. The van der Waals surface area contributed by atoms with Crippen molar-refractivity contribution in [2.75, 3.05) is 52.8 Å². The molecule has 0 unspecified atom stereocenters. The van der Waals surface area contributed by atoms with Gasteiger partial charge < -0.3 is 20.3 Å². The lowest BCUT2D eigenvalue weighted by Gasteiger charge is -2.12. The second-order valence-corrected chi connectivity index (χ2v) is 6.16. The molecule has 1 heterocycles. The molecule has 0 aliphatic rings. The third kappa shape index (κ3) is 6.42. The molecule has 0 fully saturated rings. The van der Waals surface area contributed by atoms with E-state index in [-0.39, 0.29) is 5.91 Å². The van der Waals surface area contributed by atoms with E-state index in [2.05, 4.69) is 20.6 Å². The highest BCUT2D eigenvalue weighted by Gasteiger charge is 2.13. The largest absolute Gasteiger partial charge is 0.385 e. The molecule has 0 spiro atoms. The molecule has 0 radical (unpaired) electrons. The highest BCUT2D eigenvalue weighted by molar-refractivity contribution is 5.93. The molecule has 2 N–H and O–H groups in total. The fraction of sp³-hybridized carbons (Fsp3) is 0.421. The van der Waals surface area contributed by atoms with Gasteiger partial charge in [-0.25, -0.2) is 9.97 Å². The number of aromatic nitrogens is 2. The molecular formula is C19H27N5O2. The first-order valence-electron chi connectivity index (χ1n) is 8.70. The highest BCUT2D eigenvalue weighted by Crippen LogP contribution is 2.17. The Balaban J connectivity index is 2.18. The average molecular weight is 357 g/mol. The molecule has 140 valence electrons. The predicted molar refractivity (Wildman–Crippen MR) is 103 cm³/mol. The predicted octanol–water partition coefficient (Wildman–Crippen LogP) is 1.88. The molecule has 0 bridgehead atoms. The summed E-state index contributed by atoms with van der Waals surface area (Å²) in [5.41, 5.74) is 1.22. The van der Waals surface area contributed by atoms with Gasteiger partial charge in [-0.1, -0.05) is 30.3 Å². The topological polar surface area (TPSA) is 79.4 Å². The SMILES string of the molecule is COCCCNc1cc(C(=O)NCCN(C)C)nc(-c2ccccc2)n1. The number of hydrogen-bond acceptors (Lipinski definition) is 6. The van der Waals surface area contributed by atoms with Crippen LogP contribution in [0.2, 0.25) is 0 Å². The number of carbonyl (C=O) groups is 1. The maximum absolute atomic E-state index is 12.5. The van der Waals surface area contributed by atoms with Gasteiger partial charge in [0.25, 0.3) is 5.91 Å². The van der Waals surface area contributed by atoms with Gasteiger partial charge in [-0.05, 0) is 20.5 Å². The van der Waals surface area contributed by atoms with Crippen molar-refractivity contribution in [3.05, 3.63) is 42.1 Å². The number of nitrogens with one attached hydrogen (secondary N) is 2. The Morgan fingerprint density at radius 2 is 1.92 bits per heavy atom. The van der Waals surface area contributed by atoms with E-state index in [1.165, 1.54) is 0 Å². The average Bonchev–Trinajstić information content (AvgIpc) is 2.65. The summed E-state index contributed by atoms with van der Waals surface area (Å²) in [6, 6.07) is 11.3. The molecule has 7 nitrogen and oxygen atoms in total. The zero-order valence-corrected chi connectivity index (χ0v) is 15.7. The van der Waals surface area contributed by atoms with E-state index in [1.54, 1.807) is 13.2 Å². The van der Waals surface area contributed by atoms with Crippen LogP contribution in [0.25, 0.3) is 11.4 Å². The summed E-state index contributed by atoms with van der Waals surface area (Å²) in [6.45, 7) is 2.71. The summed E-state index contributed by atoms with van der Waals surface area (Å²) < 4.78 is 5.06. The van der Waals surface area contributed by atoms with E-state index in [0.717, 1.165) is 18.5 Å². The van der Waals surface area contributed by atoms with Crippen LogP contribution in [0.3, 0.4) is 0 Å². The number of benzene rings is 1. The molecule has 2 rings (SSSR count). The minimum Gasteiger partial charge on any atom is -0.385 e. The molecule has 1 aromatic carbocycles. The number of rotatable bonds is 10. The van der Waals surface area contributed by atoms with Crippen molar-refractivity contribution in [2.24, 2.45) is 0 Å². The normalized spacial score (nSPS) is 10.8. The summed E-state index contributed by atoms with van der Waals surface area (Å²) in [5.74, 6) is 0.958. The molecular weight excluding hydrogens is 330 g/mol. The van der Waals surface area contributed by atoms with Gasteiger partial charge >= 0.3 is 0 Å². The monoisotopic (exact) mass is 357 g/mol. The minimum absolute atomic E-state index is 0.202. The third-order valence-electron chi connectivity index (χ3n) is 3.67. The standard InChI is InChI=1S/C19H27N5O2/c1-24(2)12-11-21-19(25)16-14-17(20-10-7-13-26-3)23-18(22-16)15-8-5-4-6-9-15/h4-6,8-9,14H,7,10-13H2,1-3H3,(H,21,25)(H,20,22,23). The summed E-state index contributed by atoms with van der Waals surface area (Å²) in [7, 11) is 5.60. The van der Waals surface area contributed by atoms with Crippen molar-refractivity contribution in [3.8, 4) is 11.4 Å². The summed E-state index contributed by atoms with van der Waals surface area (Å²) >= 11 is 0. The quantitative estimate of drug-likeness (QED) is 0.632. The number of likely N-dealkylation sites (N-methyl/N-ethyl adjacent to an activating group) is 1. The Hall–Kier alpha value is -2.51. The van der Waals surface area contributed by atoms with Crippen LogP contribution in [0.4, 0.5) is 5.82 Å². The van der Waals surface area contributed by atoms with Gasteiger partial charge in [-0.15, -0.1) is 0 Å². The number of hydrogen-bond donors (Lipinski definition) is 2. The van der Waals surface area contributed by atoms with E-state index < -0.39 is 0 Å². The molecule has 0 aliphatic heterocycles. The van der Waals surface area contributed by atoms with Gasteiger partial charge in [0.05, 0.1) is 0 Å². The number of carbonyl (C=O) groups excluding carboxylic acids is 1. The highest BCUT2D eigenvalue weighted by atomic mass is 16.5. The number of anilines is 1. The fourth-order valence-corrected chi connectivity index (χ4v) is 2.29. The van der Waals surface area contributed by atoms with Gasteiger partial charge in [-0.2, -0.15) is 0 Å². The smallest absolute Gasteiger partial charge is 0.270 e. The third-order valence-corrected chi connectivity index (χ3v) is 3.67. The van der Waals surface area contributed by atoms with Crippen molar-refractivity contribution < 1.29 is 9.53 Å². The second-order valence-electron chi connectivity index (χ2n) is 6.16. The van der Waals surface area contributed by atoms with Gasteiger partial charge in [0.1, 0.15) is 11.5 Å². The van der Waals surface area contributed by atoms with Crippen molar-refractivity contribution in [3.63, 3.8) is 0 Å². The first-order valence-corrected chi connectivity index (χ1v) is 8.70. The van der Waals surface area contributed by atoms with Crippen LogP contribution in [0, 0.1) is 0 Å². The van der Waals surface area contributed by atoms with Gasteiger partial charge in [0.2, 0.25) is 0 Å². The zero-order chi connectivity index (χ0) is 18.8. The molecule has 2 aromatic rings. The number of methoxy groups -OCH3 is 1. The Morgan fingerprint density at radius 3 is 2.62 bits per heavy atom. The van der Waals surface area contributed by atoms with Gasteiger partial charge in [-0.3, -0.25) is 4.79 Å². The van der Waals surface area contributed by atoms with Crippen LogP contribution < -0.4 is 10.6 Å². The minimum atomic E-state index is -0.202. The lowest BCUT2D eigenvalue weighted by molar-refractivity contribution is 0.0946. The van der Waals surface area contributed by atoms with Crippen molar-refractivity contribution in [1.29, 1.82) is 0 Å². The molecule has 26 heavy (non-hydrogen) atoms. The molecule has 1 amide bonds. The van der Waals surface area contributed by atoms with Crippen LogP contribution in [-0.4, -0.2) is 68.2 Å². The Bertz CT molecular complexity index is 692. The van der Waals surface area contributed by atoms with Crippen LogP contribution >= 0.6 is 0 Å².